The zero-order chi connectivity index (χ0) is 22.1. The van der Waals surface area contributed by atoms with Crippen LogP contribution in [-0.4, -0.2) is 35.1 Å². The number of nitrogens with one attached hydrogen (secondary N) is 1. The lowest BCUT2D eigenvalue weighted by atomic mass is 10.1. The Hall–Kier alpha value is -1.98. The van der Waals surface area contributed by atoms with Crippen LogP contribution >= 0.6 is 23.4 Å². The summed E-state index contributed by atoms with van der Waals surface area (Å²) < 4.78 is 0. The maximum absolute atomic E-state index is 13.1. The number of amides is 2. The van der Waals surface area contributed by atoms with E-state index in [-0.39, 0.29) is 11.8 Å². The minimum absolute atomic E-state index is 0.0400. The normalized spacial score (nSPS) is 11.9. The lowest BCUT2D eigenvalue weighted by Crippen LogP contribution is -2.48. The molecular weight excluding hydrogens is 416 g/mol. The van der Waals surface area contributed by atoms with Crippen LogP contribution in [0.3, 0.4) is 0 Å². The zero-order valence-corrected chi connectivity index (χ0v) is 19.7. The van der Waals surface area contributed by atoms with Gasteiger partial charge >= 0.3 is 0 Å². The smallest absolute Gasteiger partial charge is 0.242 e. The highest BCUT2D eigenvalue weighted by molar-refractivity contribution is 7.99. The molecule has 0 spiro atoms. The van der Waals surface area contributed by atoms with Crippen LogP contribution in [0, 0.1) is 12.8 Å². The molecule has 0 saturated heterocycles. The first-order valence-corrected chi connectivity index (χ1v) is 11.6. The summed E-state index contributed by atoms with van der Waals surface area (Å²) in [6.45, 7) is 8.86. The maximum Gasteiger partial charge on any atom is 0.242 e. The van der Waals surface area contributed by atoms with Gasteiger partial charge in [-0.3, -0.25) is 9.59 Å². The Morgan fingerprint density at radius 2 is 1.80 bits per heavy atom. The molecule has 0 aromatic heterocycles. The standard InChI is InChI=1S/C24H31ClN2O2S/c1-17(2)15-26-24(29)19(4)27(16-20-6-5-7-21(25)14-20)23(28)12-13-30-22-10-8-18(3)9-11-22/h5-11,14,17,19H,12-13,15-16H2,1-4H3,(H,26,29)/t19-/m0/s1. The maximum atomic E-state index is 13.1. The third kappa shape index (κ3) is 8.04. The lowest BCUT2D eigenvalue weighted by molar-refractivity contribution is -0.140. The third-order valence-electron chi connectivity index (χ3n) is 4.70. The van der Waals surface area contributed by atoms with Crippen LogP contribution in [-0.2, 0) is 16.1 Å². The van der Waals surface area contributed by atoms with Crippen LogP contribution in [0.15, 0.2) is 53.4 Å². The quantitative estimate of drug-likeness (QED) is 0.502. The highest BCUT2D eigenvalue weighted by Gasteiger charge is 2.26. The van der Waals surface area contributed by atoms with E-state index in [1.165, 1.54) is 5.56 Å². The predicted octanol–water partition coefficient (Wildman–Crippen LogP) is 5.32. The van der Waals surface area contributed by atoms with Crippen molar-refractivity contribution in [3.8, 4) is 0 Å². The average Bonchev–Trinajstić information content (AvgIpc) is 2.71. The Bertz CT molecular complexity index is 839. The van der Waals surface area contributed by atoms with E-state index >= 15 is 0 Å². The summed E-state index contributed by atoms with van der Waals surface area (Å²) in [5, 5.41) is 3.55. The van der Waals surface area contributed by atoms with Crippen LogP contribution in [0.4, 0.5) is 0 Å². The van der Waals surface area contributed by atoms with E-state index in [1.54, 1.807) is 29.7 Å². The van der Waals surface area contributed by atoms with Crippen molar-refractivity contribution < 1.29 is 9.59 Å². The number of thioether (sulfide) groups is 1. The molecule has 2 amide bonds. The molecule has 2 aromatic rings. The number of aryl methyl sites for hydroxylation is 1. The van der Waals surface area contributed by atoms with Crippen LogP contribution in [0.5, 0.6) is 0 Å². The predicted molar refractivity (Wildman–Crippen MR) is 126 cm³/mol. The summed E-state index contributed by atoms with van der Waals surface area (Å²) in [4.78, 5) is 28.5. The monoisotopic (exact) mass is 446 g/mol. The second kappa shape index (κ2) is 12.0. The minimum atomic E-state index is -0.556. The molecule has 0 fully saturated rings. The van der Waals surface area contributed by atoms with Crippen LogP contribution in [0.25, 0.3) is 0 Å². The number of nitrogens with zero attached hydrogens (tertiary/aromatic N) is 1. The molecule has 1 N–H and O–H groups in total. The molecule has 0 heterocycles. The summed E-state index contributed by atoms with van der Waals surface area (Å²) in [7, 11) is 0. The molecule has 0 aliphatic carbocycles. The molecule has 0 saturated carbocycles. The van der Waals surface area contributed by atoms with Gasteiger partial charge in [0.1, 0.15) is 6.04 Å². The van der Waals surface area contributed by atoms with Crippen LogP contribution in [0.1, 0.15) is 38.3 Å². The topological polar surface area (TPSA) is 49.4 Å². The van der Waals surface area contributed by atoms with Gasteiger partial charge in [-0.25, -0.2) is 0 Å². The first-order chi connectivity index (χ1) is 14.3. The Kier molecular flexibility index (Phi) is 9.73. The summed E-state index contributed by atoms with van der Waals surface area (Å²) in [6.07, 6.45) is 0.362. The number of carbonyl (C=O) groups is 2. The van der Waals surface area contributed by atoms with E-state index in [0.29, 0.717) is 36.2 Å². The second-order valence-electron chi connectivity index (χ2n) is 7.88. The first kappa shape index (κ1) is 24.3. The molecule has 0 aliphatic rings. The lowest BCUT2D eigenvalue weighted by Gasteiger charge is -2.29. The van der Waals surface area contributed by atoms with Gasteiger partial charge in [-0.1, -0.05) is 55.3 Å². The average molecular weight is 447 g/mol. The van der Waals surface area contributed by atoms with Crippen molar-refractivity contribution in [2.24, 2.45) is 5.92 Å². The highest BCUT2D eigenvalue weighted by Crippen LogP contribution is 2.21. The SMILES string of the molecule is Cc1ccc(SCCC(=O)N(Cc2cccc(Cl)c2)[C@@H](C)C(=O)NCC(C)C)cc1. The third-order valence-corrected chi connectivity index (χ3v) is 5.95. The summed E-state index contributed by atoms with van der Waals surface area (Å²) >= 11 is 7.76. The first-order valence-electron chi connectivity index (χ1n) is 10.3. The van der Waals surface area contributed by atoms with Crippen molar-refractivity contribution in [2.45, 2.75) is 51.6 Å². The van der Waals surface area contributed by atoms with Crippen LogP contribution in [0.2, 0.25) is 5.02 Å². The number of halogens is 1. The van der Waals surface area contributed by atoms with Crippen molar-refractivity contribution in [1.29, 1.82) is 0 Å². The van der Waals surface area contributed by atoms with Crippen molar-refractivity contribution in [2.75, 3.05) is 12.3 Å². The highest BCUT2D eigenvalue weighted by atomic mass is 35.5. The van der Waals surface area contributed by atoms with E-state index in [0.717, 1.165) is 10.5 Å². The van der Waals surface area contributed by atoms with E-state index in [4.69, 9.17) is 11.6 Å². The molecule has 4 nitrogen and oxygen atoms in total. The van der Waals surface area contributed by atoms with E-state index in [1.807, 2.05) is 32.0 Å². The molecule has 2 aromatic carbocycles. The van der Waals surface area contributed by atoms with Gasteiger partial charge in [0.05, 0.1) is 0 Å². The van der Waals surface area contributed by atoms with Crippen molar-refractivity contribution >= 4 is 35.2 Å². The van der Waals surface area contributed by atoms with E-state index in [9.17, 15) is 9.59 Å². The fourth-order valence-corrected chi connectivity index (χ4v) is 3.96. The second-order valence-corrected chi connectivity index (χ2v) is 9.48. The molecule has 0 aliphatic heterocycles. The largest absolute Gasteiger partial charge is 0.354 e. The van der Waals surface area contributed by atoms with Gasteiger partial charge in [0.15, 0.2) is 0 Å². The number of hydrogen-bond donors (Lipinski definition) is 1. The molecule has 0 bridgehead atoms. The molecule has 162 valence electrons. The van der Waals surface area contributed by atoms with Gasteiger partial charge < -0.3 is 10.2 Å². The molecule has 6 heteroatoms. The van der Waals surface area contributed by atoms with Crippen LogP contribution < -0.4 is 5.32 Å². The number of benzene rings is 2. The number of carbonyl (C=O) groups excluding carboxylic acids is 2. The number of rotatable bonds is 10. The minimum Gasteiger partial charge on any atom is -0.354 e. The van der Waals surface area contributed by atoms with Gasteiger partial charge in [-0.05, 0) is 49.6 Å². The Morgan fingerprint density at radius 3 is 2.43 bits per heavy atom. The molecule has 0 unspecified atom stereocenters. The van der Waals surface area contributed by atoms with Gasteiger partial charge in [0, 0.05) is 35.2 Å². The fraction of sp³-hybridized carbons (Fsp3) is 0.417. The van der Waals surface area contributed by atoms with Gasteiger partial charge in [0.25, 0.3) is 0 Å². The molecule has 2 rings (SSSR count). The Labute approximate surface area is 189 Å². The van der Waals surface area contributed by atoms with Gasteiger partial charge in [-0.2, -0.15) is 0 Å². The zero-order valence-electron chi connectivity index (χ0n) is 18.2. The Balaban J connectivity index is 2.05. The number of hydrogen-bond acceptors (Lipinski definition) is 3. The van der Waals surface area contributed by atoms with Gasteiger partial charge in [0.2, 0.25) is 11.8 Å². The van der Waals surface area contributed by atoms with Crippen molar-refractivity contribution in [1.82, 2.24) is 10.2 Å². The fourth-order valence-electron chi connectivity index (χ4n) is 2.90. The molecule has 0 radical (unpaired) electrons. The van der Waals surface area contributed by atoms with Crippen molar-refractivity contribution in [3.05, 3.63) is 64.7 Å². The summed E-state index contributed by atoms with van der Waals surface area (Å²) in [5.74, 6) is 0.838. The molecule has 1 atom stereocenters. The summed E-state index contributed by atoms with van der Waals surface area (Å²) in [5.41, 5.74) is 2.12. The van der Waals surface area contributed by atoms with Gasteiger partial charge in [-0.15, -0.1) is 11.8 Å². The van der Waals surface area contributed by atoms with E-state index in [2.05, 4.69) is 36.5 Å². The summed E-state index contributed by atoms with van der Waals surface area (Å²) in [6, 6.07) is 15.1. The van der Waals surface area contributed by atoms with Crippen molar-refractivity contribution in [3.63, 3.8) is 0 Å². The molecule has 30 heavy (non-hydrogen) atoms. The molecular formula is C24H31ClN2O2S. The van der Waals surface area contributed by atoms with E-state index < -0.39 is 6.04 Å². The Morgan fingerprint density at radius 1 is 1.10 bits per heavy atom.